The zero-order valence-electron chi connectivity index (χ0n) is 13.9. The van der Waals surface area contributed by atoms with Gasteiger partial charge < -0.3 is 5.32 Å². The predicted molar refractivity (Wildman–Crippen MR) is 95.3 cm³/mol. The fourth-order valence-electron chi connectivity index (χ4n) is 2.42. The number of thioether (sulfide) groups is 1. The van der Waals surface area contributed by atoms with Crippen LogP contribution in [0.25, 0.3) is 0 Å². The van der Waals surface area contributed by atoms with Crippen LogP contribution in [0.15, 0.2) is 47.9 Å². The number of nitrogens with one attached hydrogen (secondary N) is 1. The average molecular weight is 341 g/mol. The average Bonchev–Trinajstić information content (AvgIpc) is 3.17. The van der Waals surface area contributed by atoms with Crippen LogP contribution in [0.1, 0.15) is 17.0 Å². The van der Waals surface area contributed by atoms with Crippen molar-refractivity contribution in [3.63, 3.8) is 0 Å². The Bertz CT molecular complexity index is 854. The first-order valence-electron chi connectivity index (χ1n) is 7.60. The van der Waals surface area contributed by atoms with Crippen LogP contribution in [0.4, 0.5) is 5.69 Å². The monoisotopic (exact) mass is 341 g/mol. The molecule has 6 nitrogen and oxygen atoms in total. The molecule has 3 aromatic rings. The molecule has 24 heavy (non-hydrogen) atoms. The van der Waals surface area contributed by atoms with Crippen LogP contribution < -0.4 is 5.32 Å². The zero-order valence-corrected chi connectivity index (χ0v) is 14.7. The molecule has 124 valence electrons. The number of carbonyl (C=O) groups excluding carboxylic acids is 1. The normalized spacial score (nSPS) is 10.8. The van der Waals surface area contributed by atoms with E-state index in [1.54, 1.807) is 0 Å². The molecule has 0 radical (unpaired) electrons. The van der Waals surface area contributed by atoms with Gasteiger partial charge in [0.2, 0.25) is 11.1 Å². The number of benzene rings is 1. The lowest BCUT2D eigenvalue weighted by atomic mass is 10.1. The van der Waals surface area contributed by atoms with Crippen molar-refractivity contribution in [2.75, 3.05) is 11.1 Å². The molecule has 1 N–H and O–H groups in total. The fourth-order valence-corrected chi connectivity index (χ4v) is 3.20. The molecule has 0 bridgehead atoms. The van der Waals surface area contributed by atoms with Crippen molar-refractivity contribution in [3.8, 4) is 0 Å². The van der Waals surface area contributed by atoms with E-state index >= 15 is 0 Å². The Balaban J connectivity index is 1.67. The summed E-state index contributed by atoms with van der Waals surface area (Å²) in [5.41, 5.74) is 3.07. The van der Waals surface area contributed by atoms with Crippen molar-refractivity contribution in [3.05, 3.63) is 59.7 Å². The highest BCUT2D eigenvalue weighted by Crippen LogP contribution is 2.19. The summed E-state index contributed by atoms with van der Waals surface area (Å²) in [5, 5.41) is 11.9. The standard InChI is InChI=1S/C17H19N5OS/c1-12-6-7-15(13(2)10-12)18-16(23)11-24-17-20-19-14(3)22(17)21-8-4-5-9-21/h4-10H,11H2,1-3H3,(H,18,23). The van der Waals surface area contributed by atoms with Gasteiger partial charge >= 0.3 is 0 Å². The predicted octanol–water partition coefficient (Wildman–Crippen LogP) is 3.05. The molecular weight excluding hydrogens is 322 g/mol. The van der Waals surface area contributed by atoms with Gasteiger partial charge in [-0.15, -0.1) is 10.2 Å². The summed E-state index contributed by atoms with van der Waals surface area (Å²) in [6.07, 6.45) is 3.83. The lowest BCUT2D eigenvalue weighted by molar-refractivity contribution is -0.113. The molecule has 7 heteroatoms. The van der Waals surface area contributed by atoms with Crippen LogP contribution in [0.2, 0.25) is 0 Å². The maximum Gasteiger partial charge on any atom is 0.234 e. The van der Waals surface area contributed by atoms with E-state index in [9.17, 15) is 4.79 Å². The molecule has 0 aliphatic heterocycles. The molecule has 3 rings (SSSR count). The highest BCUT2D eigenvalue weighted by atomic mass is 32.2. The van der Waals surface area contributed by atoms with E-state index in [1.165, 1.54) is 17.3 Å². The topological polar surface area (TPSA) is 64.7 Å². The van der Waals surface area contributed by atoms with Gasteiger partial charge in [-0.05, 0) is 44.5 Å². The van der Waals surface area contributed by atoms with Crippen molar-refractivity contribution < 1.29 is 4.79 Å². The molecular formula is C17H19N5OS. The molecule has 0 saturated heterocycles. The van der Waals surface area contributed by atoms with Crippen molar-refractivity contribution in [2.45, 2.75) is 25.9 Å². The van der Waals surface area contributed by atoms with E-state index in [0.717, 1.165) is 17.1 Å². The summed E-state index contributed by atoms with van der Waals surface area (Å²) < 4.78 is 3.76. The lowest BCUT2D eigenvalue weighted by Crippen LogP contribution is -2.16. The van der Waals surface area contributed by atoms with Crippen LogP contribution in [0.5, 0.6) is 0 Å². The van der Waals surface area contributed by atoms with Crippen LogP contribution in [-0.4, -0.2) is 31.2 Å². The van der Waals surface area contributed by atoms with E-state index < -0.39 is 0 Å². The number of nitrogens with zero attached hydrogens (tertiary/aromatic N) is 4. The number of hydrogen-bond acceptors (Lipinski definition) is 4. The van der Waals surface area contributed by atoms with Gasteiger partial charge in [-0.2, -0.15) is 0 Å². The quantitative estimate of drug-likeness (QED) is 0.725. The van der Waals surface area contributed by atoms with Gasteiger partial charge in [-0.1, -0.05) is 29.5 Å². The van der Waals surface area contributed by atoms with Crippen LogP contribution in [0.3, 0.4) is 0 Å². The summed E-state index contributed by atoms with van der Waals surface area (Å²) in [7, 11) is 0. The number of aryl methyl sites for hydroxylation is 3. The number of anilines is 1. The molecule has 0 unspecified atom stereocenters. The Hall–Kier alpha value is -2.54. The van der Waals surface area contributed by atoms with Gasteiger partial charge in [0.25, 0.3) is 0 Å². The third-order valence-electron chi connectivity index (χ3n) is 3.58. The fraction of sp³-hybridized carbons (Fsp3) is 0.235. The second-order valence-electron chi connectivity index (χ2n) is 5.56. The Morgan fingerprint density at radius 1 is 1.17 bits per heavy atom. The summed E-state index contributed by atoms with van der Waals surface area (Å²) >= 11 is 1.36. The summed E-state index contributed by atoms with van der Waals surface area (Å²) in [4.78, 5) is 12.2. The first-order chi connectivity index (χ1) is 11.5. The van der Waals surface area contributed by atoms with Crippen LogP contribution in [0, 0.1) is 20.8 Å². The third kappa shape index (κ3) is 3.51. The van der Waals surface area contributed by atoms with E-state index in [1.807, 2.05) is 66.8 Å². The van der Waals surface area contributed by atoms with E-state index in [-0.39, 0.29) is 11.7 Å². The summed E-state index contributed by atoms with van der Waals surface area (Å²) in [5.74, 6) is 0.974. The molecule has 2 heterocycles. The minimum Gasteiger partial charge on any atom is -0.325 e. The number of amides is 1. The van der Waals surface area contributed by atoms with Gasteiger partial charge in [-0.3, -0.25) is 9.47 Å². The summed E-state index contributed by atoms with van der Waals surface area (Å²) in [6.45, 7) is 5.90. The highest BCUT2D eigenvalue weighted by molar-refractivity contribution is 7.99. The molecule has 0 atom stereocenters. The van der Waals surface area contributed by atoms with Crippen molar-refractivity contribution in [1.82, 2.24) is 19.5 Å². The Labute approximate surface area is 144 Å². The van der Waals surface area contributed by atoms with Gasteiger partial charge in [0.05, 0.1) is 5.75 Å². The molecule has 0 saturated carbocycles. The second kappa shape index (κ2) is 6.92. The first-order valence-corrected chi connectivity index (χ1v) is 8.58. The first kappa shape index (κ1) is 16.3. The van der Waals surface area contributed by atoms with Crippen molar-refractivity contribution in [2.24, 2.45) is 0 Å². The maximum absolute atomic E-state index is 12.2. The second-order valence-corrected chi connectivity index (χ2v) is 6.50. The molecule has 0 fully saturated rings. The Kier molecular flexibility index (Phi) is 4.71. The molecule has 0 spiro atoms. The molecule has 1 amide bonds. The summed E-state index contributed by atoms with van der Waals surface area (Å²) in [6, 6.07) is 9.83. The number of aromatic nitrogens is 4. The lowest BCUT2D eigenvalue weighted by Gasteiger charge is -2.10. The van der Waals surface area contributed by atoms with E-state index in [4.69, 9.17) is 0 Å². The number of hydrogen-bond donors (Lipinski definition) is 1. The third-order valence-corrected chi connectivity index (χ3v) is 4.50. The number of rotatable bonds is 5. The minimum atomic E-state index is -0.0633. The molecule has 2 aromatic heterocycles. The maximum atomic E-state index is 12.2. The zero-order chi connectivity index (χ0) is 17.1. The molecule has 0 aliphatic carbocycles. The van der Waals surface area contributed by atoms with Crippen LogP contribution >= 0.6 is 11.8 Å². The molecule has 1 aromatic carbocycles. The number of carbonyl (C=O) groups is 1. The SMILES string of the molecule is Cc1ccc(NC(=O)CSc2nnc(C)n2-n2cccc2)c(C)c1. The van der Waals surface area contributed by atoms with Gasteiger partial charge in [0.15, 0.2) is 5.82 Å². The largest absolute Gasteiger partial charge is 0.325 e. The Morgan fingerprint density at radius 2 is 1.92 bits per heavy atom. The van der Waals surface area contributed by atoms with Gasteiger partial charge in [0, 0.05) is 18.1 Å². The van der Waals surface area contributed by atoms with Crippen molar-refractivity contribution >= 4 is 23.4 Å². The smallest absolute Gasteiger partial charge is 0.234 e. The Morgan fingerprint density at radius 3 is 2.62 bits per heavy atom. The minimum absolute atomic E-state index is 0.0633. The molecule has 0 aliphatic rings. The van der Waals surface area contributed by atoms with Gasteiger partial charge in [0.1, 0.15) is 0 Å². The van der Waals surface area contributed by atoms with Crippen molar-refractivity contribution in [1.29, 1.82) is 0 Å². The highest BCUT2D eigenvalue weighted by Gasteiger charge is 2.13. The van der Waals surface area contributed by atoms with E-state index in [0.29, 0.717) is 5.16 Å². The van der Waals surface area contributed by atoms with Gasteiger partial charge in [-0.25, -0.2) is 4.68 Å². The van der Waals surface area contributed by atoms with E-state index in [2.05, 4.69) is 21.6 Å². The van der Waals surface area contributed by atoms with Crippen LogP contribution in [-0.2, 0) is 4.79 Å².